The van der Waals surface area contributed by atoms with E-state index in [-0.39, 0.29) is 18.4 Å². The normalized spacial score (nSPS) is 11.8. The molecule has 4 rings (SSSR count). The maximum absolute atomic E-state index is 14.2. The maximum atomic E-state index is 14.2. The molecule has 40 heavy (non-hydrogen) atoms. The van der Waals surface area contributed by atoms with E-state index >= 15 is 0 Å². The van der Waals surface area contributed by atoms with E-state index in [2.05, 4.69) is 29.5 Å². The van der Waals surface area contributed by atoms with Crippen molar-refractivity contribution in [3.8, 4) is 17.2 Å². The third kappa shape index (κ3) is 6.51. The molecule has 4 aromatic rings. The number of fused-ring (bicyclic) bond motifs is 1. The molecule has 0 unspecified atom stereocenters. The van der Waals surface area contributed by atoms with Crippen LogP contribution in [0.25, 0.3) is 11.0 Å². The van der Waals surface area contributed by atoms with Crippen LogP contribution in [0, 0.1) is 5.92 Å². The Morgan fingerprint density at radius 3 is 2.17 bits per heavy atom. The summed E-state index contributed by atoms with van der Waals surface area (Å²) in [6, 6.07) is 18.6. The Labute approximate surface area is 233 Å². The van der Waals surface area contributed by atoms with E-state index in [0.717, 1.165) is 6.42 Å². The largest absolute Gasteiger partial charge is 0.497 e. The standard InChI is InChI=1S/C30H35N5O5/c1-20(2)14-15-31-30(37)29(21-10-12-23(38-3)13-11-21)35(22-16-24(39-4)18-25(17-22)40-5)28(36)19-34-27-9-7-6-8-26(27)32-33-34/h6-13,16-18,20,29H,14-15,19H2,1-5H3,(H,31,37)/t29-/m1/s1. The van der Waals surface area contributed by atoms with Gasteiger partial charge in [-0.05, 0) is 42.2 Å². The monoisotopic (exact) mass is 545 g/mol. The first kappa shape index (κ1) is 28.4. The van der Waals surface area contributed by atoms with Crippen molar-refractivity contribution < 1.29 is 23.8 Å². The molecule has 1 heterocycles. The highest BCUT2D eigenvalue weighted by Gasteiger charge is 2.34. The van der Waals surface area contributed by atoms with Crippen molar-refractivity contribution in [1.29, 1.82) is 0 Å². The summed E-state index contributed by atoms with van der Waals surface area (Å²) in [6.07, 6.45) is 0.799. The Morgan fingerprint density at radius 1 is 0.900 bits per heavy atom. The van der Waals surface area contributed by atoms with Crippen molar-refractivity contribution in [2.45, 2.75) is 32.9 Å². The summed E-state index contributed by atoms with van der Waals surface area (Å²) in [5.41, 5.74) is 2.43. The smallest absolute Gasteiger partial charge is 0.249 e. The van der Waals surface area contributed by atoms with Crippen LogP contribution >= 0.6 is 0 Å². The second-order valence-electron chi connectivity index (χ2n) is 9.72. The van der Waals surface area contributed by atoms with Crippen LogP contribution < -0.4 is 24.4 Å². The number of rotatable bonds is 12. The van der Waals surface area contributed by atoms with Crippen molar-refractivity contribution in [2.75, 3.05) is 32.8 Å². The van der Waals surface area contributed by atoms with Crippen molar-refractivity contribution in [3.63, 3.8) is 0 Å². The van der Waals surface area contributed by atoms with E-state index in [1.54, 1.807) is 49.6 Å². The molecule has 0 saturated heterocycles. The van der Waals surface area contributed by atoms with Crippen LogP contribution in [-0.4, -0.2) is 54.7 Å². The van der Waals surface area contributed by atoms with Gasteiger partial charge in [0.25, 0.3) is 0 Å². The van der Waals surface area contributed by atoms with Gasteiger partial charge in [-0.1, -0.05) is 43.3 Å². The number of hydrogen-bond donors (Lipinski definition) is 1. The van der Waals surface area contributed by atoms with E-state index in [9.17, 15) is 9.59 Å². The van der Waals surface area contributed by atoms with Gasteiger partial charge >= 0.3 is 0 Å². The van der Waals surface area contributed by atoms with Crippen molar-refractivity contribution in [1.82, 2.24) is 20.3 Å². The molecule has 10 nitrogen and oxygen atoms in total. The van der Waals surface area contributed by atoms with Gasteiger partial charge in [-0.2, -0.15) is 0 Å². The van der Waals surface area contributed by atoms with Crippen LogP contribution in [0.15, 0.2) is 66.7 Å². The van der Waals surface area contributed by atoms with Crippen LogP contribution in [0.5, 0.6) is 17.2 Å². The Kier molecular flexibility index (Phi) is 9.21. The Balaban J connectivity index is 1.83. The van der Waals surface area contributed by atoms with Crippen LogP contribution in [-0.2, 0) is 16.1 Å². The van der Waals surface area contributed by atoms with Crippen LogP contribution in [0.3, 0.4) is 0 Å². The van der Waals surface area contributed by atoms with Crippen molar-refractivity contribution in [3.05, 3.63) is 72.3 Å². The molecule has 0 spiro atoms. The molecule has 3 aromatic carbocycles. The third-order valence-corrected chi connectivity index (χ3v) is 6.55. The fraction of sp³-hybridized carbons (Fsp3) is 0.333. The zero-order valence-corrected chi connectivity index (χ0v) is 23.5. The van der Waals surface area contributed by atoms with Gasteiger partial charge in [-0.15, -0.1) is 5.10 Å². The number of amides is 2. The van der Waals surface area contributed by atoms with Gasteiger partial charge in [-0.3, -0.25) is 14.5 Å². The molecule has 210 valence electrons. The summed E-state index contributed by atoms with van der Waals surface area (Å²) in [5.74, 6) is 1.31. The zero-order chi connectivity index (χ0) is 28.6. The van der Waals surface area contributed by atoms with E-state index < -0.39 is 6.04 Å². The molecule has 1 aromatic heterocycles. The fourth-order valence-electron chi connectivity index (χ4n) is 4.39. The van der Waals surface area contributed by atoms with Crippen molar-refractivity contribution in [2.24, 2.45) is 5.92 Å². The summed E-state index contributed by atoms with van der Waals surface area (Å²) in [5, 5.41) is 11.4. The highest BCUT2D eigenvalue weighted by molar-refractivity contribution is 6.02. The lowest BCUT2D eigenvalue weighted by Gasteiger charge is -2.32. The second-order valence-corrected chi connectivity index (χ2v) is 9.72. The Morgan fingerprint density at radius 2 is 1.55 bits per heavy atom. The number of carbonyl (C=O) groups excluding carboxylic acids is 2. The predicted molar refractivity (Wildman–Crippen MR) is 153 cm³/mol. The number of hydrogen-bond acceptors (Lipinski definition) is 7. The number of para-hydroxylation sites is 1. The minimum Gasteiger partial charge on any atom is -0.497 e. The minimum absolute atomic E-state index is 0.147. The van der Waals surface area contributed by atoms with Crippen LogP contribution in [0.2, 0.25) is 0 Å². The number of methoxy groups -OCH3 is 3. The molecule has 0 aliphatic rings. The summed E-state index contributed by atoms with van der Waals surface area (Å²) < 4.78 is 17.9. The molecular weight excluding hydrogens is 510 g/mol. The molecule has 10 heteroatoms. The van der Waals surface area contributed by atoms with Crippen LogP contribution in [0.1, 0.15) is 31.9 Å². The Bertz CT molecular complexity index is 1430. The lowest BCUT2D eigenvalue weighted by Crippen LogP contribution is -2.45. The van der Waals surface area contributed by atoms with Gasteiger partial charge in [0.05, 0.1) is 32.5 Å². The lowest BCUT2D eigenvalue weighted by molar-refractivity contribution is -0.127. The van der Waals surface area contributed by atoms with E-state index in [4.69, 9.17) is 14.2 Å². The molecule has 0 saturated carbocycles. The summed E-state index contributed by atoms with van der Waals surface area (Å²) in [6.45, 7) is 4.51. The highest BCUT2D eigenvalue weighted by atomic mass is 16.5. The number of nitrogens with zero attached hydrogens (tertiary/aromatic N) is 4. The molecule has 1 N–H and O–H groups in total. The minimum atomic E-state index is -1.00. The van der Waals surface area contributed by atoms with E-state index in [1.807, 2.05) is 24.3 Å². The average Bonchev–Trinajstić information content (AvgIpc) is 3.37. The first-order valence-corrected chi connectivity index (χ1v) is 13.1. The lowest BCUT2D eigenvalue weighted by atomic mass is 10.0. The molecular formula is C30H35N5O5. The molecule has 0 radical (unpaired) electrons. The number of carbonyl (C=O) groups is 2. The summed E-state index contributed by atoms with van der Waals surface area (Å²) in [7, 11) is 4.64. The number of ether oxygens (including phenoxy) is 3. The van der Waals surface area contributed by atoms with Gasteiger partial charge in [-0.25, -0.2) is 4.68 Å². The Hall–Kier alpha value is -4.60. The quantitative estimate of drug-likeness (QED) is 0.281. The van der Waals surface area contributed by atoms with E-state index in [1.165, 1.54) is 23.8 Å². The van der Waals surface area contributed by atoms with Gasteiger partial charge in [0.2, 0.25) is 11.8 Å². The zero-order valence-electron chi connectivity index (χ0n) is 23.5. The second kappa shape index (κ2) is 13.0. The number of nitrogens with one attached hydrogen (secondary N) is 1. The molecule has 0 aliphatic heterocycles. The molecule has 0 fully saturated rings. The predicted octanol–water partition coefficient (Wildman–Crippen LogP) is 4.39. The SMILES string of the molecule is COc1ccc([C@H](C(=O)NCCC(C)C)N(C(=O)Cn2nnc3ccccc32)c2cc(OC)cc(OC)c2)cc1. The van der Waals surface area contributed by atoms with E-state index in [0.29, 0.717) is 52.0 Å². The third-order valence-electron chi connectivity index (χ3n) is 6.55. The highest BCUT2D eigenvalue weighted by Crippen LogP contribution is 2.35. The fourth-order valence-corrected chi connectivity index (χ4v) is 4.39. The van der Waals surface area contributed by atoms with Gasteiger partial charge in [0, 0.05) is 24.7 Å². The molecule has 1 atom stereocenters. The van der Waals surface area contributed by atoms with Gasteiger partial charge < -0.3 is 19.5 Å². The van der Waals surface area contributed by atoms with Crippen LogP contribution in [0.4, 0.5) is 5.69 Å². The first-order valence-electron chi connectivity index (χ1n) is 13.1. The topological polar surface area (TPSA) is 108 Å². The number of anilines is 1. The average molecular weight is 546 g/mol. The molecule has 0 aliphatic carbocycles. The maximum Gasteiger partial charge on any atom is 0.249 e. The van der Waals surface area contributed by atoms with Gasteiger partial charge in [0.15, 0.2) is 0 Å². The molecule has 2 amide bonds. The number of benzene rings is 3. The molecule has 0 bridgehead atoms. The first-order chi connectivity index (χ1) is 19.3. The number of aromatic nitrogens is 3. The van der Waals surface area contributed by atoms with Gasteiger partial charge in [0.1, 0.15) is 35.4 Å². The summed E-state index contributed by atoms with van der Waals surface area (Å²) >= 11 is 0. The van der Waals surface area contributed by atoms with Crippen molar-refractivity contribution >= 4 is 28.5 Å². The summed E-state index contributed by atoms with van der Waals surface area (Å²) in [4.78, 5) is 29.6.